The minimum atomic E-state index is -0.262. The molecule has 88 valence electrons. The van der Waals surface area contributed by atoms with Gasteiger partial charge in [-0.05, 0) is 18.9 Å². The van der Waals surface area contributed by atoms with Gasteiger partial charge in [-0.15, -0.1) is 0 Å². The van der Waals surface area contributed by atoms with Gasteiger partial charge in [0, 0.05) is 6.07 Å². The summed E-state index contributed by atoms with van der Waals surface area (Å²) in [5, 5.41) is 13.1. The minimum absolute atomic E-state index is 0.119. The van der Waals surface area contributed by atoms with Gasteiger partial charge in [0.2, 0.25) is 5.88 Å². The third kappa shape index (κ3) is 2.64. The fourth-order valence-electron chi connectivity index (χ4n) is 2.08. The number of aliphatic hydroxyl groups excluding tert-OH is 1. The van der Waals surface area contributed by atoms with Crippen molar-refractivity contribution in [1.82, 2.24) is 4.98 Å². The summed E-state index contributed by atoms with van der Waals surface area (Å²) in [5.74, 6) is 1.36. The van der Waals surface area contributed by atoms with E-state index in [1.54, 1.807) is 7.11 Å². The Morgan fingerprint density at radius 1 is 1.38 bits per heavy atom. The first-order valence-electron chi connectivity index (χ1n) is 5.75. The van der Waals surface area contributed by atoms with E-state index in [1.807, 2.05) is 18.2 Å². The second kappa shape index (κ2) is 5.16. The van der Waals surface area contributed by atoms with Gasteiger partial charge in [-0.1, -0.05) is 18.9 Å². The zero-order valence-electron chi connectivity index (χ0n) is 9.52. The van der Waals surface area contributed by atoms with Crippen LogP contribution in [0.2, 0.25) is 0 Å². The summed E-state index contributed by atoms with van der Waals surface area (Å²) in [7, 11) is 1.60. The van der Waals surface area contributed by atoms with Gasteiger partial charge in [0.05, 0.1) is 19.3 Å². The molecule has 0 aliphatic heterocycles. The van der Waals surface area contributed by atoms with Crippen molar-refractivity contribution >= 4 is 5.82 Å². The molecule has 1 aromatic heterocycles. The standard InChI is InChI=1S/C12H18N2O2/c1-16-12-8-4-7-11(14-12)13-9-5-2-3-6-10(9)15/h4,7-10,15H,2-3,5-6H2,1H3,(H,13,14). The van der Waals surface area contributed by atoms with Crippen LogP contribution in [-0.4, -0.2) is 29.3 Å². The third-order valence-corrected chi connectivity index (χ3v) is 3.00. The summed E-state index contributed by atoms with van der Waals surface area (Å²) in [6.07, 6.45) is 3.90. The molecule has 2 atom stereocenters. The number of rotatable bonds is 3. The number of hydrogen-bond donors (Lipinski definition) is 2. The van der Waals surface area contributed by atoms with Crippen LogP contribution in [0.25, 0.3) is 0 Å². The van der Waals surface area contributed by atoms with Crippen LogP contribution in [0.5, 0.6) is 5.88 Å². The van der Waals surface area contributed by atoms with Crippen molar-refractivity contribution in [3.8, 4) is 5.88 Å². The highest BCUT2D eigenvalue weighted by molar-refractivity contribution is 5.38. The van der Waals surface area contributed by atoms with Crippen LogP contribution in [0.1, 0.15) is 25.7 Å². The lowest BCUT2D eigenvalue weighted by Crippen LogP contribution is -2.36. The maximum absolute atomic E-state index is 9.84. The summed E-state index contributed by atoms with van der Waals surface area (Å²) in [5.41, 5.74) is 0. The molecule has 1 fully saturated rings. The van der Waals surface area contributed by atoms with Crippen molar-refractivity contribution in [2.45, 2.75) is 37.8 Å². The molecule has 16 heavy (non-hydrogen) atoms. The van der Waals surface area contributed by atoms with E-state index in [-0.39, 0.29) is 12.1 Å². The number of nitrogens with zero attached hydrogens (tertiary/aromatic N) is 1. The smallest absolute Gasteiger partial charge is 0.214 e. The first kappa shape index (κ1) is 11.2. The Labute approximate surface area is 95.7 Å². The number of aromatic nitrogens is 1. The highest BCUT2D eigenvalue weighted by atomic mass is 16.5. The molecule has 0 radical (unpaired) electrons. The fraction of sp³-hybridized carbons (Fsp3) is 0.583. The topological polar surface area (TPSA) is 54.4 Å². The molecule has 0 aromatic carbocycles. The minimum Gasteiger partial charge on any atom is -0.481 e. The van der Waals surface area contributed by atoms with Crippen LogP contribution in [0.3, 0.4) is 0 Å². The zero-order chi connectivity index (χ0) is 11.4. The molecular formula is C12H18N2O2. The monoisotopic (exact) mass is 222 g/mol. The normalized spacial score (nSPS) is 25.1. The quantitative estimate of drug-likeness (QED) is 0.819. The van der Waals surface area contributed by atoms with Crippen molar-refractivity contribution in [3.63, 3.8) is 0 Å². The number of ether oxygens (including phenoxy) is 1. The van der Waals surface area contributed by atoms with E-state index < -0.39 is 0 Å². The summed E-state index contributed by atoms with van der Waals surface area (Å²) in [6, 6.07) is 5.71. The highest BCUT2D eigenvalue weighted by Crippen LogP contribution is 2.22. The van der Waals surface area contributed by atoms with Crippen molar-refractivity contribution in [3.05, 3.63) is 18.2 Å². The van der Waals surface area contributed by atoms with E-state index in [1.165, 1.54) is 6.42 Å². The Morgan fingerprint density at radius 2 is 2.19 bits per heavy atom. The second-order valence-corrected chi connectivity index (χ2v) is 4.17. The molecule has 2 N–H and O–H groups in total. The molecule has 4 nitrogen and oxygen atoms in total. The van der Waals surface area contributed by atoms with Crippen LogP contribution in [0.4, 0.5) is 5.82 Å². The molecule has 2 rings (SSSR count). The highest BCUT2D eigenvalue weighted by Gasteiger charge is 2.22. The number of hydrogen-bond acceptors (Lipinski definition) is 4. The Balaban J connectivity index is 2.01. The first-order chi connectivity index (χ1) is 7.79. The predicted molar refractivity (Wildman–Crippen MR) is 62.7 cm³/mol. The lowest BCUT2D eigenvalue weighted by molar-refractivity contribution is 0.116. The number of anilines is 1. The Kier molecular flexibility index (Phi) is 3.62. The number of aliphatic hydroxyl groups is 1. The Bertz CT molecular complexity index is 344. The Morgan fingerprint density at radius 3 is 2.94 bits per heavy atom. The van der Waals surface area contributed by atoms with Gasteiger partial charge in [-0.2, -0.15) is 4.98 Å². The average Bonchev–Trinajstić information content (AvgIpc) is 2.32. The van der Waals surface area contributed by atoms with Crippen molar-refractivity contribution < 1.29 is 9.84 Å². The van der Waals surface area contributed by atoms with Crippen molar-refractivity contribution in [1.29, 1.82) is 0 Å². The zero-order valence-corrected chi connectivity index (χ0v) is 9.52. The first-order valence-corrected chi connectivity index (χ1v) is 5.75. The van der Waals surface area contributed by atoms with E-state index >= 15 is 0 Å². The van der Waals surface area contributed by atoms with Crippen LogP contribution in [0.15, 0.2) is 18.2 Å². The Hall–Kier alpha value is -1.29. The van der Waals surface area contributed by atoms with Gasteiger partial charge in [0.15, 0.2) is 0 Å². The van der Waals surface area contributed by atoms with Crippen LogP contribution >= 0.6 is 0 Å². The van der Waals surface area contributed by atoms with E-state index in [9.17, 15) is 5.11 Å². The maximum atomic E-state index is 9.84. The molecule has 1 aliphatic rings. The molecule has 1 saturated carbocycles. The summed E-state index contributed by atoms with van der Waals surface area (Å²) in [4.78, 5) is 4.28. The number of pyridine rings is 1. The molecule has 1 aliphatic carbocycles. The molecule has 4 heteroatoms. The summed E-state index contributed by atoms with van der Waals surface area (Å²) < 4.78 is 5.06. The SMILES string of the molecule is COc1cccc(NC2CCCCC2O)n1. The van der Waals surface area contributed by atoms with E-state index in [0.29, 0.717) is 5.88 Å². The molecule has 1 aromatic rings. The van der Waals surface area contributed by atoms with Gasteiger partial charge >= 0.3 is 0 Å². The van der Waals surface area contributed by atoms with Crippen molar-refractivity contribution in [2.24, 2.45) is 0 Å². The van der Waals surface area contributed by atoms with Gasteiger partial charge in [-0.3, -0.25) is 0 Å². The molecule has 0 amide bonds. The average molecular weight is 222 g/mol. The molecule has 0 saturated heterocycles. The summed E-state index contributed by atoms with van der Waals surface area (Å²) >= 11 is 0. The van der Waals surface area contributed by atoms with Crippen LogP contribution in [-0.2, 0) is 0 Å². The molecular weight excluding hydrogens is 204 g/mol. The third-order valence-electron chi connectivity index (χ3n) is 3.00. The molecule has 0 spiro atoms. The number of methoxy groups -OCH3 is 1. The molecule has 1 heterocycles. The van der Waals surface area contributed by atoms with E-state index in [2.05, 4.69) is 10.3 Å². The lowest BCUT2D eigenvalue weighted by atomic mass is 9.92. The predicted octanol–water partition coefficient (Wildman–Crippen LogP) is 1.81. The van der Waals surface area contributed by atoms with Crippen LogP contribution < -0.4 is 10.1 Å². The lowest BCUT2D eigenvalue weighted by Gasteiger charge is -2.28. The molecule has 0 bridgehead atoms. The van der Waals surface area contributed by atoms with Crippen molar-refractivity contribution in [2.75, 3.05) is 12.4 Å². The number of nitrogens with one attached hydrogen (secondary N) is 1. The fourth-order valence-corrected chi connectivity index (χ4v) is 2.08. The van der Waals surface area contributed by atoms with Crippen LogP contribution in [0, 0.1) is 0 Å². The second-order valence-electron chi connectivity index (χ2n) is 4.17. The molecule has 2 unspecified atom stereocenters. The van der Waals surface area contributed by atoms with Gasteiger partial charge in [0.1, 0.15) is 5.82 Å². The van der Waals surface area contributed by atoms with Gasteiger partial charge in [0.25, 0.3) is 0 Å². The largest absolute Gasteiger partial charge is 0.481 e. The van der Waals surface area contributed by atoms with E-state index in [4.69, 9.17) is 4.74 Å². The van der Waals surface area contributed by atoms with Gasteiger partial charge < -0.3 is 15.2 Å². The maximum Gasteiger partial charge on any atom is 0.214 e. The van der Waals surface area contributed by atoms with Gasteiger partial charge in [-0.25, -0.2) is 0 Å². The van der Waals surface area contributed by atoms with E-state index in [0.717, 1.165) is 25.1 Å². The summed E-state index contributed by atoms with van der Waals surface area (Å²) in [6.45, 7) is 0.